The molecule has 0 spiro atoms. The molecule has 1 aliphatic rings. The van der Waals surface area contributed by atoms with Gasteiger partial charge in [0.15, 0.2) is 0 Å². The van der Waals surface area contributed by atoms with Crippen molar-refractivity contribution >= 4 is 18.7 Å². The Morgan fingerprint density at radius 3 is 2.76 bits per heavy atom. The number of hydrogen-bond acceptors (Lipinski definition) is 3. The Labute approximate surface area is 108 Å². The molecule has 0 saturated heterocycles. The van der Waals surface area contributed by atoms with Crippen molar-refractivity contribution in [3.8, 4) is 0 Å². The van der Waals surface area contributed by atoms with Crippen LogP contribution in [0.2, 0.25) is 0 Å². The van der Waals surface area contributed by atoms with Gasteiger partial charge in [-0.25, -0.2) is 0 Å². The number of carbonyl (C=O) groups excluding carboxylic acids is 1. The van der Waals surface area contributed by atoms with E-state index >= 15 is 0 Å². The van der Waals surface area contributed by atoms with Crippen LogP contribution in [-0.2, 0) is 0 Å². The second kappa shape index (κ2) is 5.54. The topological polar surface area (TPSA) is 33.2 Å². The molecule has 0 aromatic carbocycles. The lowest BCUT2D eigenvalue weighted by atomic mass is 9.95. The van der Waals surface area contributed by atoms with Gasteiger partial charge in [-0.1, -0.05) is 32.1 Å². The van der Waals surface area contributed by atoms with Crippen molar-refractivity contribution in [3.63, 3.8) is 0 Å². The normalized spacial score (nSPS) is 16.8. The van der Waals surface area contributed by atoms with Crippen LogP contribution < -0.4 is 0 Å². The molecule has 1 heterocycles. The van der Waals surface area contributed by atoms with E-state index in [4.69, 9.17) is 0 Å². The fourth-order valence-corrected chi connectivity index (χ4v) is 2.60. The largest absolute Gasteiger partial charge is 0.282 e. The van der Waals surface area contributed by atoms with E-state index in [0.717, 1.165) is 18.4 Å². The Hall–Kier alpha value is -1.03. The van der Waals surface area contributed by atoms with E-state index in [2.05, 4.69) is 17.8 Å². The Kier molecular flexibility index (Phi) is 4.05. The molecule has 0 aliphatic heterocycles. The van der Waals surface area contributed by atoms with Gasteiger partial charge in [0, 0.05) is 12.2 Å². The van der Waals surface area contributed by atoms with E-state index in [1.54, 1.807) is 10.5 Å². The smallest absolute Gasteiger partial charge is 0.281 e. The van der Waals surface area contributed by atoms with Gasteiger partial charge < -0.3 is 0 Å². The van der Waals surface area contributed by atoms with Crippen LogP contribution in [0.1, 0.15) is 48.2 Å². The van der Waals surface area contributed by atoms with Gasteiger partial charge >= 0.3 is 0 Å². The molecule has 92 valence electrons. The number of nitrogens with zero attached hydrogens (tertiary/aromatic N) is 2. The fraction of sp³-hybridized carbons (Fsp3) is 0.538. The average Bonchev–Trinajstić information content (AvgIpc) is 2.38. The van der Waals surface area contributed by atoms with Crippen molar-refractivity contribution in [2.24, 2.45) is 0 Å². The minimum atomic E-state index is -0.0797. The maximum absolute atomic E-state index is 12.2. The van der Waals surface area contributed by atoms with Gasteiger partial charge in [0.25, 0.3) is 5.91 Å². The molecule has 1 fully saturated rings. The summed E-state index contributed by atoms with van der Waals surface area (Å²) in [7, 11) is 0. The van der Waals surface area contributed by atoms with Gasteiger partial charge in [0.05, 0.1) is 0 Å². The summed E-state index contributed by atoms with van der Waals surface area (Å²) in [6.45, 7) is 1.96. The molecule has 17 heavy (non-hydrogen) atoms. The average molecular weight is 250 g/mol. The first kappa shape index (κ1) is 12.4. The Morgan fingerprint density at radius 2 is 2.12 bits per heavy atom. The quantitative estimate of drug-likeness (QED) is 0.819. The van der Waals surface area contributed by atoms with Crippen LogP contribution in [0, 0.1) is 6.92 Å². The van der Waals surface area contributed by atoms with Gasteiger partial charge in [-0.15, -0.1) is 0 Å². The lowest BCUT2D eigenvalue weighted by Crippen LogP contribution is -2.34. The maximum atomic E-state index is 12.2. The lowest BCUT2D eigenvalue weighted by molar-refractivity contribution is 0.0810. The van der Waals surface area contributed by atoms with E-state index in [1.807, 2.05) is 19.1 Å². The van der Waals surface area contributed by atoms with Gasteiger partial charge in [-0.3, -0.25) is 14.1 Å². The molecule has 1 amide bonds. The molecule has 1 aliphatic carbocycles. The molecule has 1 aromatic heterocycles. The summed E-state index contributed by atoms with van der Waals surface area (Å²) in [4.78, 5) is 16.3. The second-order valence-corrected chi connectivity index (χ2v) is 5.09. The van der Waals surface area contributed by atoms with Crippen molar-refractivity contribution in [2.75, 3.05) is 0 Å². The van der Waals surface area contributed by atoms with E-state index < -0.39 is 0 Å². The standard InChI is InChI=1S/C13H18N2OS/c1-10-7-8-14-12(9-10)13(16)15(17)11-5-3-2-4-6-11/h7-9,11,17H,2-6H2,1H3. The van der Waals surface area contributed by atoms with Gasteiger partial charge in [-0.05, 0) is 37.5 Å². The molecule has 0 bridgehead atoms. The molecule has 4 heteroatoms. The van der Waals surface area contributed by atoms with Crippen molar-refractivity contribution in [1.29, 1.82) is 0 Å². The number of pyridine rings is 1. The third kappa shape index (κ3) is 3.00. The molecule has 1 saturated carbocycles. The van der Waals surface area contributed by atoms with Crippen LogP contribution in [-0.4, -0.2) is 21.2 Å². The van der Waals surface area contributed by atoms with Crippen LogP contribution in [0.15, 0.2) is 18.3 Å². The van der Waals surface area contributed by atoms with Crippen LogP contribution in [0.4, 0.5) is 0 Å². The summed E-state index contributed by atoms with van der Waals surface area (Å²) < 4.78 is 1.57. The SMILES string of the molecule is Cc1ccnc(C(=O)N(S)C2CCCCC2)c1. The molecule has 0 unspecified atom stereocenters. The molecule has 0 radical (unpaired) electrons. The predicted octanol–water partition coefficient (Wildman–Crippen LogP) is 3.01. The third-order valence-electron chi connectivity index (χ3n) is 3.26. The Bertz CT molecular complexity index is 402. The molecule has 0 N–H and O–H groups in total. The van der Waals surface area contributed by atoms with Crippen molar-refractivity contribution in [2.45, 2.75) is 45.1 Å². The number of thiol groups is 1. The first-order chi connectivity index (χ1) is 8.18. The fourth-order valence-electron chi connectivity index (χ4n) is 2.26. The summed E-state index contributed by atoms with van der Waals surface area (Å²) >= 11 is 4.36. The minimum absolute atomic E-state index is 0.0797. The van der Waals surface area contributed by atoms with Crippen LogP contribution in [0.3, 0.4) is 0 Å². The number of hydrogen-bond donors (Lipinski definition) is 1. The number of amides is 1. The lowest BCUT2D eigenvalue weighted by Gasteiger charge is -2.29. The highest BCUT2D eigenvalue weighted by atomic mass is 32.1. The number of aryl methyl sites for hydroxylation is 1. The zero-order valence-electron chi connectivity index (χ0n) is 10.1. The van der Waals surface area contributed by atoms with Crippen molar-refractivity contribution < 1.29 is 4.79 Å². The summed E-state index contributed by atoms with van der Waals surface area (Å²) in [5, 5.41) is 0. The number of carbonyl (C=O) groups is 1. The highest BCUT2D eigenvalue weighted by Crippen LogP contribution is 2.24. The van der Waals surface area contributed by atoms with Gasteiger partial charge in [0.2, 0.25) is 0 Å². The molecule has 2 rings (SSSR count). The minimum Gasteiger partial charge on any atom is -0.281 e. The molecule has 3 nitrogen and oxygen atoms in total. The van der Waals surface area contributed by atoms with E-state index in [0.29, 0.717) is 5.69 Å². The third-order valence-corrected chi connectivity index (χ3v) is 3.77. The first-order valence-corrected chi connectivity index (χ1v) is 6.53. The monoisotopic (exact) mass is 250 g/mol. The molecular weight excluding hydrogens is 232 g/mol. The van der Waals surface area contributed by atoms with E-state index in [9.17, 15) is 4.79 Å². The zero-order chi connectivity index (χ0) is 12.3. The summed E-state index contributed by atoms with van der Waals surface area (Å²) in [6, 6.07) is 3.97. The van der Waals surface area contributed by atoms with Crippen LogP contribution >= 0.6 is 12.8 Å². The summed E-state index contributed by atoms with van der Waals surface area (Å²) in [6.07, 6.45) is 7.44. The number of aromatic nitrogens is 1. The maximum Gasteiger partial charge on any atom is 0.282 e. The zero-order valence-corrected chi connectivity index (χ0v) is 11.0. The van der Waals surface area contributed by atoms with E-state index in [1.165, 1.54) is 19.3 Å². The van der Waals surface area contributed by atoms with Gasteiger partial charge in [0.1, 0.15) is 5.69 Å². The van der Waals surface area contributed by atoms with E-state index in [-0.39, 0.29) is 11.9 Å². The summed E-state index contributed by atoms with van der Waals surface area (Å²) in [5.74, 6) is -0.0797. The molecular formula is C13H18N2OS. The summed E-state index contributed by atoms with van der Waals surface area (Å²) in [5.41, 5.74) is 1.54. The highest BCUT2D eigenvalue weighted by Gasteiger charge is 2.24. The predicted molar refractivity (Wildman–Crippen MR) is 71.0 cm³/mol. The van der Waals surface area contributed by atoms with Crippen molar-refractivity contribution in [3.05, 3.63) is 29.6 Å². The van der Waals surface area contributed by atoms with Crippen molar-refractivity contribution in [1.82, 2.24) is 9.29 Å². The number of rotatable bonds is 2. The van der Waals surface area contributed by atoms with Gasteiger partial charge in [-0.2, -0.15) is 0 Å². The Balaban J connectivity index is 2.08. The molecule has 1 aromatic rings. The highest BCUT2D eigenvalue weighted by molar-refractivity contribution is 7.78. The molecule has 0 atom stereocenters. The van der Waals surface area contributed by atoms with Crippen LogP contribution in [0.25, 0.3) is 0 Å². The Morgan fingerprint density at radius 1 is 1.41 bits per heavy atom. The first-order valence-electron chi connectivity index (χ1n) is 6.13. The van der Waals surface area contributed by atoms with Crippen LogP contribution in [0.5, 0.6) is 0 Å². The second-order valence-electron chi connectivity index (χ2n) is 4.66.